The number of benzene rings is 3. The molecule has 0 unspecified atom stereocenters. The molecular formula is C33H31ClN2O6S. The van der Waals surface area contributed by atoms with Gasteiger partial charge < -0.3 is 19.3 Å². The molecule has 0 saturated carbocycles. The number of amides is 1. The Labute approximate surface area is 258 Å². The molecule has 2 aliphatic rings. The van der Waals surface area contributed by atoms with E-state index in [4.69, 9.17) is 25.8 Å². The van der Waals surface area contributed by atoms with Gasteiger partial charge in [0, 0.05) is 17.0 Å². The lowest BCUT2D eigenvalue weighted by Gasteiger charge is -2.24. The van der Waals surface area contributed by atoms with E-state index in [0.29, 0.717) is 51.3 Å². The number of aromatic nitrogens is 1. The lowest BCUT2D eigenvalue weighted by atomic mass is 9.94. The van der Waals surface area contributed by atoms with E-state index in [2.05, 4.69) is 11.9 Å². The molecule has 1 aromatic heterocycles. The molecule has 0 spiro atoms. The number of thiazole rings is 1. The maximum Gasteiger partial charge on any atom is 0.301 e. The quantitative estimate of drug-likeness (QED) is 0.0899. The minimum atomic E-state index is -0.970. The number of fused-ring (bicyclic) bond motifs is 2. The molecule has 222 valence electrons. The molecule has 1 saturated heterocycles. The van der Waals surface area contributed by atoms with Crippen LogP contribution in [0, 0.1) is 0 Å². The highest BCUT2D eigenvalue weighted by Crippen LogP contribution is 2.46. The van der Waals surface area contributed by atoms with E-state index in [1.165, 1.54) is 16.2 Å². The van der Waals surface area contributed by atoms with Gasteiger partial charge in [0.25, 0.3) is 5.78 Å². The van der Waals surface area contributed by atoms with Crippen LogP contribution in [0.15, 0.2) is 60.2 Å². The lowest BCUT2D eigenvalue weighted by molar-refractivity contribution is -0.132. The molecule has 1 amide bonds. The molecular weight excluding hydrogens is 588 g/mol. The molecule has 10 heteroatoms. The van der Waals surface area contributed by atoms with Gasteiger partial charge in [0.1, 0.15) is 17.6 Å². The van der Waals surface area contributed by atoms with Crippen molar-refractivity contribution in [2.45, 2.75) is 51.7 Å². The first-order valence-electron chi connectivity index (χ1n) is 14.3. The summed E-state index contributed by atoms with van der Waals surface area (Å²) in [7, 11) is 1.54. The number of nitrogens with zero attached hydrogens (tertiary/aromatic N) is 2. The van der Waals surface area contributed by atoms with E-state index < -0.39 is 17.7 Å². The van der Waals surface area contributed by atoms with Gasteiger partial charge in [0.2, 0.25) is 0 Å². The molecule has 0 bridgehead atoms. The number of unbranched alkanes of at least 4 members (excludes halogenated alkanes) is 2. The number of carbonyl (C=O) groups excluding carboxylic acids is 2. The minimum Gasteiger partial charge on any atom is -0.507 e. The zero-order valence-electron chi connectivity index (χ0n) is 24.1. The Morgan fingerprint density at radius 3 is 2.74 bits per heavy atom. The number of Topliss-reactive ketones (excluding diaryl/α,β-unsaturated/α-hetero) is 1. The van der Waals surface area contributed by atoms with Crippen molar-refractivity contribution in [3.05, 3.63) is 81.9 Å². The first-order valence-corrected chi connectivity index (χ1v) is 15.5. The monoisotopic (exact) mass is 618 g/mol. The molecule has 0 aliphatic carbocycles. The van der Waals surface area contributed by atoms with Crippen molar-refractivity contribution in [1.29, 1.82) is 0 Å². The summed E-state index contributed by atoms with van der Waals surface area (Å²) in [6, 6.07) is 14.9. The van der Waals surface area contributed by atoms with E-state index in [1.54, 1.807) is 55.6 Å². The average Bonchev–Trinajstić information content (AvgIpc) is 3.66. The van der Waals surface area contributed by atoms with Crippen LogP contribution in [0.3, 0.4) is 0 Å². The van der Waals surface area contributed by atoms with Crippen molar-refractivity contribution in [1.82, 2.24) is 4.98 Å². The van der Waals surface area contributed by atoms with Gasteiger partial charge in [0.05, 0.1) is 35.5 Å². The van der Waals surface area contributed by atoms with Gasteiger partial charge in [-0.25, -0.2) is 4.98 Å². The van der Waals surface area contributed by atoms with Crippen LogP contribution in [0.4, 0.5) is 5.13 Å². The highest BCUT2D eigenvalue weighted by molar-refractivity contribution is 7.22. The van der Waals surface area contributed by atoms with Crippen LogP contribution in [0.25, 0.3) is 16.0 Å². The van der Waals surface area contributed by atoms with Crippen molar-refractivity contribution in [3.63, 3.8) is 0 Å². The molecule has 43 heavy (non-hydrogen) atoms. The summed E-state index contributed by atoms with van der Waals surface area (Å²) < 4.78 is 18.2. The number of anilines is 1. The lowest BCUT2D eigenvalue weighted by Crippen LogP contribution is -2.29. The smallest absolute Gasteiger partial charge is 0.301 e. The van der Waals surface area contributed by atoms with Crippen LogP contribution in [-0.2, 0) is 16.0 Å². The third kappa shape index (κ3) is 5.43. The Balaban J connectivity index is 1.48. The number of halogens is 1. The predicted octanol–water partition coefficient (Wildman–Crippen LogP) is 7.48. The number of aliphatic hydroxyl groups is 1. The highest BCUT2D eigenvalue weighted by atomic mass is 35.5. The first kappa shape index (κ1) is 29.0. The normalized spacial score (nSPS) is 19.1. The second kappa shape index (κ2) is 11.9. The first-order chi connectivity index (χ1) is 20.8. The van der Waals surface area contributed by atoms with Crippen molar-refractivity contribution in [2.24, 2.45) is 0 Å². The molecule has 2 aliphatic heterocycles. The second-order valence-corrected chi connectivity index (χ2v) is 12.1. The average molecular weight is 619 g/mol. The molecule has 1 N–H and O–H groups in total. The Kier molecular flexibility index (Phi) is 8.03. The van der Waals surface area contributed by atoms with Crippen LogP contribution in [0.1, 0.15) is 55.8 Å². The fourth-order valence-electron chi connectivity index (χ4n) is 5.57. The number of hydrogen-bond acceptors (Lipinski definition) is 8. The third-order valence-electron chi connectivity index (χ3n) is 7.67. The zero-order chi connectivity index (χ0) is 30.2. The molecule has 0 radical (unpaired) electrons. The summed E-state index contributed by atoms with van der Waals surface area (Å²) in [6.07, 6.45) is 3.73. The molecule has 3 aromatic carbocycles. The molecule has 6 rings (SSSR count). The summed E-state index contributed by atoms with van der Waals surface area (Å²) in [4.78, 5) is 33.5. The van der Waals surface area contributed by atoms with E-state index in [1.807, 2.05) is 13.0 Å². The molecule has 2 atom stereocenters. The largest absolute Gasteiger partial charge is 0.507 e. The van der Waals surface area contributed by atoms with Gasteiger partial charge in [-0.1, -0.05) is 48.8 Å². The summed E-state index contributed by atoms with van der Waals surface area (Å²) in [5.41, 5.74) is 2.53. The highest BCUT2D eigenvalue weighted by Gasteiger charge is 2.48. The Morgan fingerprint density at radius 1 is 1.12 bits per heavy atom. The van der Waals surface area contributed by atoms with Crippen molar-refractivity contribution >= 4 is 55.7 Å². The molecule has 1 fully saturated rings. The number of methoxy groups -OCH3 is 1. The summed E-state index contributed by atoms with van der Waals surface area (Å²) >= 11 is 7.47. The van der Waals surface area contributed by atoms with Crippen LogP contribution in [-0.4, -0.2) is 41.6 Å². The molecule has 3 heterocycles. The van der Waals surface area contributed by atoms with Crippen LogP contribution in [0.5, 0.6) is 17.2 Å². The number of carbonyl (C=O) groups is 2. The Bertz CT molecular complexity index is 1770. The fourth-order valence-corrected chi connectivity index (χ4v) is 6.84. The SMILES string of the molecule is CCCCCOc1ccc([C@@H]2/C(=C(\O)c3ccc4c(c3)C[C@H](C)O4)C(=O)C(=O)N2c2nc3ccc(Cl)cc3s2)cc1OC. The zero-order valence-corrected chi connectivity index (χ0v) is 25.6. The van der Waals surface area contributed by atoms with Gasteiger partial charge in [-0.05, 0) is 73.0 Å². The van der Waals surface area contributed by atoms with E-state index >= 15 is 0 Å². The minimum absolute atomic E-state index is 0.0145. The second-order valence-electron chi connectivity index (χ2n) is 10.7. The maximum absolute atomic E-state index is 13.7. The number of hydrogen-bond donors (Lipinski definition) is 1. The number of ether oxygens (including phenoxy) is 3. The summed E-state index contributed by atoms with van der Waals surface area (Å²) in [5, 5.41) is 12.5. The van der Waals surface area contributed by atoms with E-state index in [-0.39, 0.29) is 17.4 Å². The molecule has 8 nitrogen and oxygen atoms in total. The maximum atomic E-state index is 13.7. The van der Waals surface area contributed by atoms with E-state index in [0.717, 1.165) is 35.3 Å². The van der Waals surface area contributed by atoms with Gasteiger partial charge >= 0.3 is 5.91 Å². The van der Waals surface area contributed by atoms with Crippen molar-refractivity contribution in [2.75, 3.05) is 18.6 Å². The van der Waals surface area contributed by atoms with Crippen LogP contribution in [0.2, 0.25) is 5.02 Å². The topological polar surface area (TPSA) is 98.2 Å². The van der Waals surface area contributed by atoms with Gasteiger partial charge in [-0.2, -0.15) is 0 Å². The standard InChI is InChI=1S/C33H31ClN2O6S/c1-4-5-6-13-41-25-12-7-19(16-26(25)40-3)29-28(30(37)20-8-11-24-21(15-20)14-18(2)42-24)31(38)32(39)36(29)33-35-23-10-9-22(34)17-27(23)43-33/h7-12,15-18,29,37H,4-6,13-14H2,1-3H3/b30-28+/t18-,29+/m0/s1. The fraction of sp³-hybridized carbons (Fsp3) is 0.303. The van der Waals surface area contributed by atoms with Crippen molar-refractivity contribution < 1.29 is 28.9 Å². The Morgan fingerprint density at radius 2 is 1.95 bits per heavy atom. The molecule has 4 aromatic rings. The van der Waals surface area contributed by atoms with Gasteiger partial charge in [-0.15, -0.1) is 0 Å². The van der Waals surface area contributed by atoms with E-state index in [9.17, 15) is 14.7 Å². The van der Waals surface area contributed by atoms with Crippen molar-refractivity contribution in [3.8, 4) is 17.2 Å². The number of ketones is 1. The number of aliphatic hydroxyl groups excluding tert-OH is 1. The van der Waals surface area contributed by atoms with Crippen LogP contribution >= 0.6 is 22.9 Å². The number of rotatable bonds is 9. The van der Waals surface area contributed by atoms with Crippen LogP contribution < -0.4 is 19.1 Å². The third-order valence-corrected chi connectivity index (χ3v) is 8.92. The summed E-state index contributed by atoms with van der Waals surface area (Å²) in [6.45, 7) is 4.64. The Hall–Kier alpha value is -4.08. The van der Waals surface area contributed by atoms with Gasteiger partial charge in [0.15, 0.2) is 16.6 Å². The predicted molar refractivity (Wildman–Crippen MR) is 168 cm³/mol. The van der Waals surface area contributed by atoms with Gasteiger partial charge in [-0.3, -0.25) is 14.5 Å². The summed E-state index contributed by atoms with van der Waals surface area (Å²) in [5.74, 6) is -0.0943.